The average Bonchev–Trinajstić information content (AvgIpc) is 2.15. The number of nitriles is 1. The molecule has 0 saturated carbocycles. The highest BCUT2D eigenvalue weighted by atomic mass is 14.2. The van der Waals surface area contributed by atoms with E-state index in [9.17, 15) is 0 Å². The van der Waals surface area contributed by atoms with Crippen LogP contribution in [0.4, 0.5) is 0 Å². The molecule has 1 heteroatoms. The summed E-state index contributed by atoms with van der Waals surface area (Å²) in [6.45, 7) is 2.15. The summed E-state index contributed by atoms with van der Waals surface area (Å²) in [7, 11) is 0. The normalized spacial score (nSPS) is 9.33. The van der Waals surface area contributed by atoms with Crippen molar-refractivity contribution in [3.8, 4) is 6.07 Å². The third-order valence-corrected chi connectivity index (χ3v) is 1.71. The molecule has 0 aliphatic carbocycles. The van der Waals surface area contributed by atoms with Gasteiger partial charge in [-0.25, -0.2) is 0 Å². The van der Waals surface area contributed by atoms with E-state index in [2.05, 4.69) is 19.4 Å². The lowest BCUT2D eigenvalue weighted by Gasteiger charge is -1.97. The molecule has 1 aromatic rings. The lowest BCUT2D eigenvalue weighted by molar-refractivity contribution is 0.914. The Morgan fingerprint density at radius 3 is 2.50 bits per heavy atom. The molecule has 1 nitrogen and oxygen atoms in total. The van der Waals surface area contributed by atoms with Crippen molar-refractivity contribution in [2.24, 2.45) is 0 Å². The second-order valence-corrected chi connectivity index (χ2v) is 2.73. The SMILES string of the molecule is CCC[CH]c1ccc(C#N)cc1. The van der Waals surface area contributed by atoms with Crippen molar-refractivity contribution in [3.05, 3.63) is 41.8 Å². The molecule has 0 N–H and O–H groups in total. The first-order valence-electron chi connectivity index (χ1n) is 4.20. The van der Waals surface area contributed by atoms with Crippen molar-refractivity contribution in [1.29, 1.82) is 5.26 Å². The zero-order valence-electron chi connectivity index (χ0n) is 7.25. The van der Waals surface area contributed by atoms with Crippen LogP contribution >= 0.6 is 0 Å². The van der Waals surface area contributed by atoms with Gasteiger partial charge < -0.3 is 0 Å². The smallest absolute Gasteiger partial charge is 0.0991 e. The topological polar surface area (TPSA) is 23.8 Å². The van der Waals surface area contributed by atoms with Crippen LogP contribution in [0.1, 0.15) is 30.9 Å². The fourth-order valence-corrected chi connectivity index (χ4v) is 1.00. The van der Waals surface area contributed by atoms with E-state index in [1.54, 1.807) is 0 Å². The van der Waals surface area contributed by atoms with Crippen LogP contribution < -0.4 is 0 Å². The van der Waals surface area contributed by atoms with Crippen LogP contribution in [0.5, 0.6) is 0 Å². The minimum Gasteiger partial charge on any atom is -0.192 e. The van der Waals surface area contributed by atoms with Crippen LogP contribution in [0.25, 0.3) is 0 Å². The summed E-state index contributed by atoms with van der Waals surface area (Å²) in [6.07, 6.45) is 4.45. The van der Waals surface area contributed by atoms with Gasteiger partial charge in [0.25, 0.3) is 0 Å². The molecular formula is C11H12N. The largest absolute Gasteiger partial charge is 0.192 e. The van der Waals surface area contributed by atoms with E-state index in [-0.39, 0.29) is 0 Å². The third-order valence-electron chi connectivity index (χ3n) is 1.71. The second kappa shape index (κ2) is 4.56. The van der Waals surface area contributed by atoms with Gasteiger partial charge in [0.2, 0.25) is 0 Å². The van der Waals surface area contributed by atoms with Crippen LogP contribution in [-0.2, 0) is 0 Å². The monoisotopic (exact) mass is 158 g/mol. The van der Waals surface area contributed by atoms with Gasteiger partial charge in [0, 0.05) is 0 Å². The Balaban J connectivity index is 2.60. The van der Waals surface area contributed by atoms with Gasteiger partial charge in [0.05, 0.1) is 11.6 Å². The predicted molar refractivity (Wildman–Crippen MR) is 49.5 cm³/mol. The van der Waals surface area contributed by atoms with Gasteiger partial charge in [-0.05, 0) is 30.5 Å². The maximum absolute atomic E-state index is 8.54. The highest BCUT2D eigenvalue weighted by Crippen LogP contribution is 2.08. The first-order chi connectivity index (χ1) is 5.86. The van der Waals surface area contributed by atoms with Gasteiger partial charge in [-0.1, -0.05) is 25.5 Å². The number of unbranched alkanes of at least 4 members (excludes halogenated alkanes) is 1. The van der Waals surface area contributed by atoms with Crippen LogP contribution in [-0.4, -0.2) is 0 Å². The van der Waals surface area contributed by atoms with Crippen LogP contribution in [0.3, 0.4) is 0 Å². The van der Waals surface area contributed by atoms with Crippen LogP contribution in [0.15, 0.2) is 24.3 Å². The average molecular weight is 158 g/mol. The van der Waals surface area contributed by atoms with Crippen molar-refractivity contribution >= 4 is 0 Å². The van der Waals surface area contributed by atoms with E-state index < -0.39 is 0 Å². The Morgan fingerprint density at radius 2 is 2.00 bits per heavy atom. The molecule has 0 bridgehead atoms. The number of benzene rings is 1. The van der Waals surface area contributed by atoms with Crippen molar-refractivity contribution in [2.45, 2.75) is 19.8 Å². The maximum Gasteiger partial charge on any atom is 0.0991 e. The molecule has 1 rings (SSSR count). The van der Waals surface area contributed by atoms with Crippen LogP contribution in [0.2, 0.25) is 0 Å². The third kappa shape index (κ3) is 2.39. The molecule has 0 saturated heterocycles. The molecule has 0 aromatic heterocycles. The predicted octanol–water partition coefficient (Wildman–Crippen LogP) is 2.91. The van der Waals surface area contributed by atoms with Crippen molar-refractivity contribution in [1.82, 2.24) is 0 Å². The highest BCUT2D eigenvalue weighted by Gasteiger charge is 1.92. The molecule has 0 fully saturated rings. The number of rotatable bonds is 3. The summed E-state index contributed by atoms with van der Waals surface area (Å²) < 4.78 is 0. The van der Waals surface area contributed by atoms with Crippen molar-refractivity contribution < 1.29 is 0 Å². The van der Waals surface area contributed by atoms with E-state index >= 15 is 0 Å². The molecule has 1 radical (unpaired) electrons. The fraction of sp³-hybridized carbons (Fsp3) is 0.273. The molecular weight excluding hydrogens is 146 g/mol. The summed E-state index contributed by atoms with van der Waals surface area (Å²) in [6, 6.07) is 9.75. The first kappa shape index (κ1) is 8.80. The molecule has 0 atom stereocenters. The Kier molecular flexibility index (Phi) is 3.35. The molecule has 0 aliphatic heterocycles. The highest BCUT2D eigenvalue weighted by molar-refractivity contribution is 5.34. The molecule has 0 unspecified atom stereocenters. The molecule has 12 heavy (non-hydrogen) atoms. The second-order valence-electron chi connectivity index (χ2n) is 2.73. The van der Waals surface area contributed by atoms with Gasteiger partial charge in [-0.15, -0.1) is 0 Å². The van der Waals surface area contributed by atoms with Gasteiger partial charge in [-0.3, -0.25) is 0 Å². The Hall–Kier alpha value is -1.29. The molecule has 0 heterocycles. The Bertz CT molecular complexity index is 266. The molecule has 0 amide bonds. The minimum atomic E-state index is 0.726. The minimum absolute atomic E-state index is 0.726. The number of nitrogens with zero attached hydrogens (tertiary/aromatic N) is 1. The summed E-state index contributed by atoms with van der Waals surface area (Å²) in [5.74, 6) is 0. The molecule has 0 aliphatic rings. The summed E-state index contributed by atoms with van der Waals surface area (Å²) in [4.78, 5) is 0. The first-order valence-corrected chi connectivity index (χ1v) is 4.20. The molecule has 0 spiro atoms. The number of hydrogen-bond donors (Lipinski definition) is 0. The summed E-state index contributed by atoms with van der Waals surface area (Å²) >= 11 is 0. The Labute approximate surface area is 73.6 Å². The van der Waals surface area contributed by atoms with Crippen molar-refractivity contribution in [2.75, 3.05) is 0 Å². The van der Waals surface area contributed by atoms with Gasteiger partial charge in [-0.2, -0.15) is 5.26 Å². The molecule has 61 valence electrons. The van der Waals surface area contributed by atoms with E-state index in [1.165, 1.54) is 12.0 Å². The van der Waals surface area contributed by atoms with Gasteiger partial charge in [0.15, 0.2) is 0 Å². The number of hydrogen-bond acceptors (Lipinski definition) is 1. The van der Waals surface area contributed by atoms with E-state index in [1.807, 2.05) is 24.3 Å². The van der Waals surface area contributed by atoms with E-state index in [4.69, 9.17) is 5.26 Å². The zero-order chi connectivity index (χ0) is 8.81. The van der Waals surface area contributed by atoms with Gasteiger partial charge >= 0.3 is 0 Å². The van der Waals surface area contributed by atoms with E-state index in [0.29, 0.717) is 0 Å². The Morgan fingerprint density at radius 1 is 1.33 bits per heavy atom. The zero-order valence-corrected chi connectivity index (χ0v) is 7.25. The van der Waals surface area contributed by atoms with Crippen LogP contribution in [0, 0.1) is 17.8 Å². The van der Waals surface area contributed by atoms with Gasteiger partial charge in [0.1, 0.15) is 0 Å². The molecule has 1 aromatic carbocycles. The summed E-state index contributed by atoms with van der Waals surface area (Å²) in [5, 5.41) is 8.54. The maximum atomic E-state index is 8.54. The quantitative estimate of drug-likeness (QED) is 0.663. The van der Waals surface area contributed by atoms with Crippen molar-refractivity contribution in [3.63, 3.8) is 0 Å². The standard InChI is InChI=1S/C11H12N/c1-2-3-4-10-5-7-11(9-12)8-6-10/h4-8H,2-3H2,1H3. The fourth-order valence-electron chi connectivity index (χ4n) is 1.00. The lowest BCUT2D eigenvalue weighted by atomic mass is 10.1. The lowest BCUT2D eigenvalue weighted by Crippen LogP contribution is -1.81. The van der Waals surface area contributed by atoms with E-state index in [0.717, 1.165) is 12.0 Å². The summed E-state index contributed by atoms with van der Waals surface area (Å²) in [5.41, 5.74) is 1.93.